The van der Waals surface area contributed by atoms with Crippen molar-refractivity contribution in [3.8, 4) is 0 Å². The van der Waals surface area contributed by atoms with Gasteiger partial charge in [-0.1, -0.05) is 53.9 Å². The Hall–Kier alpha value is -1.31. The van der Waals surface area contributed by atoms with Crippen molar-refractivity contribution in [2.75, 3.05) is 0 Å². The lowest BCUT2D eigenvalue weighted by atomic mass is 9.79. The van der Waals surface area contributed by atoms with E-state index in [4.69, 9.17) is 23.2 Å². The van der Waals surface area contributed by atoms with Crippen LogP contribution in [0.25, 0.3) is 0 Å². The Kier molecular flexibility index (Phi) is 4.32. The van der Waals surface area contributed by atoms with Gasteiger partial charge in [0.1, 0.15) is 0 Å². The number of hydrogen-bond acceptors (Lipinski definition) is 1. The summed E-state index contributed by atoms with van der Waals surface area (Å²) in [5.41, 5.74) is 2.73. The Morgan fingerprint density at radius 2 is 1.71 bits per heavy atom. The molecule has 0 N–H and O–H groups in total. The van der Waals surface area contributed by atoms with Crippen LogP contribution in [0.4, 0.5) is 0 Å². The molecule has 2 aromatic rings. The summed E-state index contributed by atoms with van der Waals surface area (Å²) in [5.74, 6) is 0.688. The SMILES string of the molecule is O=C(Cc1c(Cl)cccc1Cl)c1cccc(C2CCC2)c1. The largest absolute Gasteiger partial charge is 0.294 e. The number of hydrogen-bond donors (Lipinski definition) is 0. The third-order valence-electron chi connectivity index (χ3n) is 4.18. The van der Waals surface area contributed by atoms with Crippen LogP contribution in [0, 0.1) is 0 Å². The predicted octanol–water partition coefficient (Wildman–Crippen LogP) is 5.69. The lowest BCUT2D eigenvalue weighted by Gasteiger charge is -2.26. The summed E-state index contributed by atoms with van der Waals surface area (Å²) < 4.78 is 0. The molecule has 21 heavy (non-hydrogen) atoms. The molecule has 1 nitrogen and oxygen atoms in total. The van der Waals surface area contributed by atoms with Crippen LogP contribution in [0.3, 0.4) is 0 Å². The molecule has 0 radical (unpaired) electrons. The Bertz CT molecular complexity index is 654. The number of rotatable bonds is 4. The summed E-state index contributed by atoms with van der Waals surface area (Å²) >= 11 is 12.3. The molecule has 0 unspecified atom stereocenters. The maximum absolute atomic E-state index is 12.5. The number of carbonyl (C=O) groups is 1. The van der Waals surface area contributed by atoms with Gasteiger partial charge in [0.25, 0.3) is 0 Å². The van der Waals surface area contributed by atoms with E-state index in [1.54, 1.807) is 18.2 Å². The quantitative estimate of drug-likeness (QED) is 0.662. The summed E-state index contributed by atoms with van der Waals surface area (Å²) in [5, 5.41) is 1.09. The van der Waals surface area contributed by atoms with Crippen LogP contribution in [-0.2, 0) is 6.42 Å². The van der Waals surface area contributed by atoms with Crippen molar-refractivity contribution >= 4 is 29.0 Å². The standard InChI is InChI=1S/C18H16Cl2O/c19-16-8-3-9-17(20)15(16)11-18(21)14-7-2-6-13(10-14)12-4-1-5-12/h2-3,6-10,12H,1,4-5,11H2. The van der Waals surface area contributed by atoms with E-state index in [-0.39, 0.29) is 12.2 Å². The molecule has 0 aromatic heterocycles. The Labute approximate surface area is 134 Å². The smallest absolute Gasteiger partial charge is 0.167 e. The fourth-order valence-corrected chi connectivity index (χ4v) is 3.20. The van der Waals surface area contributed by atoms with Gasteiger partial charge in [0.15, 0.2) is 5.78 Å². The highest BCUT2D eigenvalue weighted by molar-refractivity contribution is 6.36. The van der Waals surface area contributed by atoms with E-state index in [0.29, 0.717) is 21.5 Å². The molecule has 108 valence electrons. The summed E-state index contributed by atoms with van der Waals surface area (Å²) in [4.78, 5) is 12.5. The Balaban J connectivity index is 1.82. The topological polar surface area (TPSA) is 17.1 Å². The number of benzene rings is 2. The van der Waals surface area contributed by atoms with Gasteiger partial charge >= 0.3 is 0 Å². The third-order valence-corrected chi connectivity index (χ3v) is 4.89. The van der Waals surface area contributed by atoms with Gasteiger partial charge in [-0.2, -0.15) is 0 Å². The maximum atomic E-state index is 12.5. The van der Waals surface area contributed by atoms with Crippen LogP contribution >= 0.6 is 23.2 Å². The van der Waals surface area contributed by atoms with Crippen LogP contribution in [0.2, 0.25) is 10.0 Å². The normalized spacial score (nSPS) is 14.8. The molecule has 1 fully saturated rings. The van der Waals surface area contributed by atoms with Crippen LogP contribution < -0.4 is 0 Å². The van der Waals surface area contributed by atoms with E-state index < -0.39 is 0 Å². The monoisotopic (exact) mass is 318 g/mol. The fourth-order valence-electron chi connectivity index (χ4n) is 2.67. The highest BCUT2D eigenvalue weighted by Crippen LogP contribution is 2.36. The highest BCUT2D eigenvalue weighted by Gasteiger charge is 2.20. The van der Waals surface area contributed by atoms with E-state index in [1.165, 1.54) is 24.8 Å². The molecular formula is C18H16Cl2O. The number of Topliss-reactive ketones (excluding diaryl/α,β-unsaturated/α-hetero) is 1. The van der Waals surface area contributed by atoms with Gasteiger partial charge in [-0.25, -0.2) is 0 Å². The molecule has 1 aliphatic rings. The average Bonchev–Trinajstić information content (AvgIpc) is 2.41. The molecule has 1 saturated carbocycles. The van der Waals surface area contributed by atoms with E-state index in [2.05, 4.69) is 6.07 Å². The van der Waals surface area contributed by atoms with Gasteiger partial charge in [-0.15, -0.1) is 0 Å². The van der Waals surface area contributed by atoms with E-state index in [0.717, 1.165) is 5.56 Å². The first kappa shape index (κ1) is 14.6. The molecule has 0 aliphatic heterocycles. The zero-order chi connectivity index (χ0) is 14.8. The minimum absolute atomic E-state index is 0.0613. The van der Waals surface area contributed by atoms with E-state index in [1.807, 2.05) is 18.2 Å². The maximum Gasteiger partial charge on any atom is 0.167 e. The number of carbonyl (C=O) groups excluding carboxylic acids is 1. The van der Waals surface area contributed by atoms with Gasteiger partial charge in [-0.05, 0) is 48.1 Å². The molecular weight excluding hydrogens is 303 g/mol. The van der Waals surface area contributed by atoms with Crippen molar-refractivity contribution in [2.24, 2.45) is 0 Å². The lowest BCUT2D eigenvalue weighted by Crippen LogP contribution is -2.10. The first-order chi connectivity index (χ1) is 10.1. The van der Waals surface area contributed by atoms with E-state index in [9.17, 15) is 4.79 Å². The number of halogens is 2. The van der Waals surface area contributed by atoms with Crippen molar-refractivity contribution in [3.05, 3.63) is 69.2 Å². The second kappa shape index (κ2) is 6.21. The van der Waals surface area contributed by atoms with Gasteiger partial charge in [0, 0.05) is 22.0 Å². The molecule has 0 spiro atoms. The first-order valence-electron chi connectivity index (χ1n) is 7.21. The van der Waals surface area contributed by atoms with Gasteiger partial charge in [-0.3, -0.25) is 4.79 Å². The molecule has 0 bridgehead atoms. The zero-order valence-electron chi connectivity index (χ0n) is 11.6. The summed E-state index contributed by atoms with van der Waals surface area (Å²) in [7, 11) is 0. The summed E-state index contributed by atoms with van der Waals surface area (Å²) in [6.07, 6.45) is 3.99. The molecule has 0 heterocycles. The van der Waals surface area contributed by atoms with Gasteiger partial charge in [0.2, 0.25) is 0 Å². The van der Waals surface area contributed by atoms with Crippen molar-refractivity contribution < 1.29 is 4.79 Å². The zero-order valence-corrected chi connectivity index (χ0v) is 13.1. The second-order valence-corrected chi connectivity index (χ2v) is 6.37. The van der Waals surface area contributed by atoms with Crippen LogP contribution in [0.15, 0.2) is 42.5 Å². The fraction of sp³-hybridized carbons (Fsp3) is 0.278. The Morgan fingerprint density at radius 3 is 2.33 bits per heavy atom. The molecule has 0 saturated heterocycles. The van der Waals surface area contributed by atoms with E-state index >= 15 is 0 Å². The molecule has 3 rings (SSSR count). The summed E-state index contributed by atoms with van der Waals surface area (Å²) in [6, 6.07) is 13.3. The van der Waals surface area contributed by atoms with Crippen LogP contribution in [0.1, 0.15) is 46.7 Å². The van der Waals surface area contributed by atoms with Crippen molar-refractivity contribution in [2.45, 2.75) is 31.6 Å². The van der Waals surface area contributed by atoms with Gasteiger partial charge < -0.3 is 0 Å². The third kappa shape index (κ3) is 3.14. The summed E-state index contributed by atoms with van der Waals surface area (Å²) in [6.45, 7) is 0. The van der Waals surface area contributed by atoms with Crippen LogP contribution in [0.5, 0.6) is 0 Å². The van der Waals surface area contributed by atoms with Crippen molar-refractivity contribution in [1.82, 2.24) is 0 Å². The second-order valence-electron chi connectivity index (χ2n) is 5.55. The van der Waals surface area contributed by atoms with Gasteiger partial charge in [0.05, 0.1) is 0 Å². The average molecular weight is 319 g/mol. The lowest BCUT2D eigenvalue weighted by molar-refractivity contribution is 0.0993. The highest BCUT2D eigenvalue weighted by atomic mass is 35.5. The molecule has 0 amide bonds. The van der Waals surface area contributed by atoms with Crippen LogP contribution in [-0.4, -0.2) is 5.78 Å². The van der Waals surface area contributed by atoms with Crippen molar-refractivity contribution in [3.63, 3.8) is 0 Å². The molecule has 1 aliphatic carbocycles. The first-order valence-corrected chi connectivity index (χ1v) is 7.97. The molecule has 2 aromatic carbocycles. The Morgan fingerprint density at radius 1 is 1.05 bits per heavy atom. The minimum atomic E-state index is 0.0613. The molecule has 0 atom stereocenters. The molecule has 3 heteroatoms. The van der Waals surface area contributed by atoms with Crippen molar-refractivity contribution in [1.29, 1.82) is 0 Å². The predicted molar refractivity (Wildman–Crippen MR) is 87.5 cm³/mol. The minimum Gasteiger partial charge on any atom is -0.294 e. The number of ketones is 1.